The predicted octanol–water partition coefficient (Wildman–Crippen LogP) is 2.67. The molecule has 0 aliphatic carbocycles. The lowest BCUT2D eigenvalue weighted by molar-refractivity contribution is 0.293. The Bertz CT molecular complexity index is 444. The van der Waals surface area contributed by atoms with Crippen LogP contribution in [-0.2, 0) is 6.42 Å². The summed E-state index contributed by atoms with van der Waals surface area (Å²) in [5, 5.41) is 6.72. The average molecular weight is 445 g/mol. The third kappa shape index (κ3) is 8.82. The second kappa shape index (κ2) is 13.4. The van der Waals surface area contributed by atoms with E-state index in [2.05, 4.69) is 33.5 Å². The van der Waals surface area contributed by atoms with E-state index in [0.717, 1.165) is 44.3 Å². The van der Waals surface area contributed by atoms with E-state index in [0.29, 0.717) is 0 Å². The minimum atomic E-state index is 0. The SMILES string of the molecule is CCNC(=NCCN1CCCCCC1)NCCc1ccccn1.I. The Morgan fingerprint density at radius 3 is 2.62 bits per heavy atom. The topological polar surface area (TPSA) is 52.6 Å². The van der Waals surface area contributed by atoms with Gasteiger partial charge < -0.3 is 15.5 Å². The van der Waals surface area contributed by atoms with Crippen molar-refractivity contribution >= 4 is 29.9 Å². The maximum absolute atomic E-state index is 4.70. The van der Waals surface area contributed by atoms with Crippen molar-refractivity contribution < 1.29 is 0 Å². The molecular weight excluding hydrogens is 413 g/mol. The molecule has 1 fully saturated rings. The first-order valence-electron chi connectivity index (χ1n) is 9.03. The Morgan fingerprint density at radius 2 is 1.96 bits per heavy atom. The second-order valence-corrected chi connectivity index (χ2v) is 6.01. The molecule has 136 valence electrons. The molecule has 0 aromatic carbocycles. The van der Waals surface area contributed by atoms with Crippen molar-refractivity contribution in [3.05, 3.63) is 30.1 Å². The fourth-order valence-electron chi connectivity index (χ4n) is 2.86. The summed E-state index contributed by atoms with van der Waals surface area (Å²) < 4.78 is 0. The molecule has 1 aliphatic heterocycles. The van der Waals surface area contributed by atoms with Gasteiger partial charge in [-0.2, -0.15) is 0 Å². The number of rotatable bonds is 7. The number of aromatic nitrogens is 1. The van der Waals surface area contributed by atoms with Gasteiger partial charge in [-0.05, 0) is 45.0 Å². The number of hydrogen-bond acceptors (Lipinski definition) is 3. The minimum Gasteiger partial charge on any atom is -0.357 e. The van der Waals surface area contributed by atoms with E-state index < -0.39 is 0 Å². The lowest BCUT2D eigenvalue weighted by Crippen LogP contribution is -2.39. The van der Waals surface area contributed by atoms with Gasteiger partial charge >= 0.3 is 0 Å². The average Bonchev–Trinajstić information content (AvgIpc) is 2.85. The number of halogens is 1. The monoisotopic (exact) mass is 445 g/mol. The first-order chi connectivity index (χ1) is 11.4. The number of hydrogen-bond donors (Lipinski definition) is 2. The van der Waals surface area contributed by atoms with Gasteiger partial charge in [0, 0.05) is 37.9 Å². The maximum Gasteiger partial charge on any atom is 0.191 e. The number of pyridine rings is 1. The number of nitrogens with zero attached hydrogens (tertiary/aromatic N) is 3. The van der Waals surface area contributed by atoms with Crippen molar-refractivity contribution in [1.29, 1.82) is 0 Å². The number of aliphatic imine (C=N–C) groups is 1. The van der Waals surface area contributed by atoms with Crippen molar-refractivity contribution in [1.82, 2.24) is 20.5 Å². The zero-order valence-electron chi connectivity index (χ0n) is 14.8. The first kappa shape index (κ1) is 21.2. The summed E-state index contributed by atoms with van der Waals surface area (Å²) in [6, 6.07) is 6.04. The molecule has 2 N–H and O–H groups in total. The molecule has 0 radical (unpaired) electrons. The molecule has 0 amide bonds. The summed E-state index contributed by atoms with van der Waals surface area (Å²) >= 11 is 0. The lowest BCUT2D eigenvalue weighted by Gasteiger charge is -2.18. The van der Waals surface area contributed by atoms with Gasteiger partial charge in [0.05, 0.1) is 6.54 Å². The molecule has 0 spiro atoms. The van der Waals surface area contributed by atoms with Crippen LogP contribution in [-0.4, -0.2) is 55.1 Å². The van der Waals surface area contributed by atoms with Gasteiger partial charge in [-0.25, -0.2) is 0 Å². The van der Waals surface area contributed by atoms with Crippen LogP contribution in [0, 0.1) is 0 Å². The van der Waals surface area contributed by atoms with Crippen molar-refractivity contribution in [3.63, 3.8) is 0 Å². The third-order valence-electron chi connectivity index (χ3n) is 4.13. The quantitative estimate of drug-likeness (QED) is 0.385. The molecule has 1 aromatic heterocycles. The van der Waals surface area contributed by atoms with E-state index in [1.807, 2.05) is 18.3 Å². The Hall–Kier alpha value is -0.890. The third-order valence-corrected chi connectivity index (χ3v) is 4.13. The van der Waals surface area contributed by atoms with Crippen molar-refractivity contribution in [2.75, 3.05) is 39.3 Å². The summed E-state index contributed by atoms with van der Waals surface area (Å²) in [4.78, 5) is 11.6. The fourth-order valence-corrected chi connectivity index (χ4v) is 2.86. The highest BCUT2D eigenvalue weighted by Gasteiger charge is 2.08. The van der Waals surface area contributed by atoms with Crippen LogP contribution < -0.4 is 10.6 Å². The highest BCUT2D eigenvalue weighted by Crippen LogP contribution is 2.08. The smallest absolute Gasteiger partial charge is 0.191 e. The summed E-state index contributed by atoms with van der Waals surface area (Å²) in [6.07, 6.45) is 8.21. The summed E-state index contributed by atoms with van der Waals surface area (Å²) in [6.45, 7) is 8.24. The second-order valence-electron chi connectivity index (χ2n) is 6.01. The van der Waals surface area contributed by atoms with E-state index in [9.17, 15) is 0 Å². The van der Waals surface area contributed by atoms with Gasteiger partial charge in [-0.3, -0.25) is 9.98 Å². The van der Waals surface area contributed by atoms with Crippen LogP contribution in [0.2, 0.25) is 0 Å². The zero-order chi connectivity index (χ0) is 16.2. The maximum atomic E-state index is 4.70. The first-order valence-corrected chi connectivity index (χ1v) is 9.03. The van der Waals surface area contributed by atoms with Crippen LogP contribution in [0.1, 0.15) is 38.3 Å². The Balaban J connectivity index is 0.00000288. The molecule has 5 nitrogen and oxygen atoms in total. The molecule has 0 saturated carbocycles. The molecule has 2 rings (SSSR count). The summed E-state index contributed by atoms with van der Waals surface area (Å²) in [5.41, 5.74) is 1.11. The minimum absolute atomic E-state index is 0. The molecule has 2 heterocycles. The van der Waals surface area contributed by atoms with Gasteiger partial charge in [0.25, 0.3) is 0 Å². The molecule has 1 aliphatic rings. The van der Waals surface area contributed by atoms with Crippen molar-refractivity contribution in [2.24, 2.45) is 4.99 Å². The molecule has 0 atom stereocenters. The lowest BCUT2D eigenvalue weighted by atomic mass is 10.2. The highest BCUT2D eigenvalue weighted by molar-refractivity contribution is 14.0. The van der Waals surface area contributed by atoms with Crippen LogP contribution >= 0.6 is 24.0 Å². The summed E-state index contributed by atoms with van der Waals surface area (Å²) in [5.74, 6) is 0.915. The largest absolute Gasteiger partial charge is 0.357 e. The molecule has 6 heteroatoms. The van der Waals surface area contributed by atoms with E-state index in [1.54, 1.807) is 0 Å². The van der Waals surface area contributed by atoms with Crippen molar-refractivity contribution in [3.8, 4) is 0 Å². The van der Waals surface area contributed by atoms with E-state index >= 15 is 0 Å². The van der Waals surface area contributed by atoms with Gasteiger partial charge in [0.15, 0.2) is 5.96 Å². The Morgan fingerprint density at radius 1 is 1.17 bits per heavy atom. The van der Waals surface area contributed by atoms with Crippen LogP contribution in [0.4, 0.5) is 0 Å². The van der Waals surface area contributed by atoms with E-state index in [-0.39, 0.29) is 24.0 Å². The molecule has 1 saturated heterocycles. The number of nitrogens with one attached hydrogen (secondary N) is 2. The van der Waals surface area contributed by atoms with Gasteiger partial charge in [0.1, 0.15) is 0 Å². The Kier molecular flexibility index (Phi) is 11.8. The van der Waals surface area contributed by atoms with Crippen LogP contribution in [0.25, 0.3) is 0 Å². The molecule has 1 aromatic rings. The standard InChI is InChI=1S/C18H31N5.HI/c1-2-19-18(21-12-10-17-9-5-6-11-20-17)22-13-16-23-14-7-3-4-8-15-23;/h5-6,9,11H,2-4,7-8,10,12-16H2,1H3,(H2,19,21,22);1H. The van der Waals surface area contributed by atoms with Crippen LogP contribution in [0.3, 0.4) is 0 Å². The van der Waals surface area contributed by atoms with Crippen molar-refractivity contribution in [2.45, 2.75) is 39.0 Å². The van der Waals surface area contributed by atoms with E-state index in [1.165, 1.54) is 38.8 Å². The molecule has 0 bridgehead atoms. The Labute approximate surface area is 163 Å². The van der Waals surface area contributed by atoms with Gasteiger partial charge in [-0.15, -0.1) is 24.0 Å². The van der Waals surface area contributed by atoms with Gasteiger partial charge in [-0.1, -0.05) is 18.9 Å². The number of guanidine groups is 1. The van der Waals surface area contributed by atoms with Crippen LogP contribution in [0.5, 0.6) is 0 Å². The molecule has 0 unspecified atom stereocenters. The molecular formula is C18H32IN5. The van der Waals surface area contributed by atoms with Crippen LogP contribution in [0.15, 0.2) is 29.4 Å². The fraction of sp³-hybridized carbons (Fsp3) is 0.667. The van der Waals surface area contributed by atoms with E-state index in [4.69, 9.17) is 4.99 Å². The predicted molar refractivity (Wildman–Crippen MR) is 112 cm³/mol. The normalized spacial score (nSPS) is 16.1. The van der Waals surface area contributed by atoms with Gasteiger partial charge in [0.2, 0.25) is 0 Å². The zero-order valence-corrected chi connectivity index (χ0v) is 17.2. The molecule has 24 heavy (non-hydrogen) atoms. The number of likely N-dealkylation sites (tertiary alicyclic amines) is 1. The highest BCUT2D eigenvalue weighted by atomic mass is 127. The summed E-state index contributed by atoms with van der Waals surface area (Å²) in [7, 11) is 0.